The van der Waals surface area contributed by atoms with Crippen LogP contribution in [0, 0.1) is 5.92 Å². The topological polar surface area (TPSA) is 40.6 Å². The van der Waals surface area contributed by atoms with Gasteiger partial charge in [0.05, 0.1) is 13.1 Å². The van der Waals surface area contributed by atoms with E-state index in [9.17, 15) is 9.59 Å². The average Bonchev–Trinajstić information content (AvgIpc) is 2.03. The summed E-state index contributed by atoms with van der Waals surface area (Å²) in [6, 6.07) is 0. The van der Waals surface area contributed by atoms with Gasteiger partial charge in [0, 0.05) is 20.0 Å². The Morgan fingerprint density at radius 2 is 1.57 bits per heavy atom. The molecule has 0 bridgehead atoms. The molecule has 4 heteroatoms. The summed E-state index contributed by atoms with van der Waals surface area (Å²) in [7, 11) is 5.20. The minimum atomic E-state index is 0.0176. The lowest BCUT2D eigenvalue weighted by Crippen LogP contribution is -2.37. The third-order valence-electron chi connectivity index (χ3n) is 1.97. The second kappa shape index (κ2) is 5.75. The van der Waals surface area contributed by atoms with Crippen molar-refractivity contribution < 1.29 is 9.59 Å². The number of rotatable bonds is 5. The highest BCUT2D eigenvalue weighted by molar-refractivity contribution is 5.83. The molecule has 0 aromatic carbocycles. The van der Waals surface area contributed by atoms with Crippen LogP contribution in [0.2, 0.25) is 0 Å². The van der Waals surface area contributed by atoms with Gasteiger partial charge in [0.1, 0.15) is 5.78 Å². The maximum Gasteiger partial charge on any atom is 0.236 e. The molecule has 0 rings (SSSR count). The number of Topliss-reactive ketones (excluding diaryl/α,β-unsaturated/α-hetero) is 1. The van der Waals surface area contributed by atoms with Crippen LogP contribution >= 0.6 is 0 Å². The van der Waals surface area contributed by atoms with E-state index in [2.05, 4.69) is 0 Å². The van der Waals surface area contributed by atoms with Gasteiger partial charge < -0.3 is 4.90 Å². The first-order chi connectivity index (χ1) is 6.34. The SMILES string of the molecule is CC(C)C(=O)CN(C)CC(=O)N(C)C. The quantitative estimate of drug-likeness (QED) is 0.638. The molecule has 0 spiro atoms. The minimum Gasteiger partial charge on any atom is -0.348 e. The molecule has 0 aliphatic heterocycles. The van der Waals surface area contributed by atoms with Gasteiger partial charge in [-0.3, -0.25) is 14.5 Å². The number of nitrogens with zero attached hydrogens (tertiary/aromatic N) is 2. The van der Waals surface area contributed by atoms with Crippen LogP contribution in [0.1, 0.15) is 13.8 Å². The number of hydrogen-bond acceptors (Lipinski definition) is 3. The number of amides is 1. The largest absolute Gasteiger partial charge is 0.348 e. The Kier molecular flexibility index (Phi) is 5.38. The summed E-state index contributed by atoms with van der Waals surface area (Å²) >= 11 is 0. The van der Waals surface area contributed by atoms with Crippen LogP contribution in [0.15, 0.2) is 0 Å². The smallest absolute Gasteiger partial charge is 0.236 e. The van der Waals surface area contributed by atoms with Gasteiger partial charge in [-0.15, -0.1) is 0 Å². The molecule has 0 atom stereocenters. The fourth-order valence-electron chi connectivity index (χ4n) is 0.877. The molecular formula is C10H20N2O2. The Hall–Kier alpha value is -0.900. The molecule has 82 valence electrons. The molecule has 0 aliphatic rings. The molecule has 0 aliphatic carbocycles. The van der Waals surface area contributed by atoms with E-state index in [1.807, 2.05) is 13.8 Å². The zero-order valence-electron chi connectivity index (χ0n) is 9.70. The fourth-order valence-corrected chi connectivity index (χ4v) is 0.877. The monoisotopic (exact) mass is 200 g/mol. The zero-order chi connectivity index (χ0) is 11.3. The van der Waals surface area contributed by atoms with Crippen LogP contribution in [0.4, 0.5) is 0 Å². The van der Waals surface area contributed by atoms with Crippen molar-refractivity contribution in [2.45, 2.75) is 13.8 Å². The predicted molar refractivity (Wildman–Crippen MR) is 56.0 cm³/mol. The van der Waals surface area contributed by atoms with Gasteiger partial charge in [-0.25, -0.2) is 0 Å². The maximum absolute atomic E-state index is 11.3. The Morgan fingerprint density at radius 1 is 1.07 bits per heavy atom. The molecule has 0 saturated heterocycles. The molecule has 0 heterocycles. The van der Waals surface area contributed by atoms with E-state index in [0.717, 1.165) is 0 Å². The van der Waals surface area contributed by atoms with Crippen molar-refractivity contribution in [3.63, 3.8) is 0 Å². The molecule has 0 N–H and O–H groups in total. The highest BCUT2D eigenvalue weighted by Gasteiger charge is 2.13. The molecule has 4 nitrogen and oxygen atoms in total. The summed E-state index contributed by atoms with van der Waals surface area (Å²) in [6.07, 6.45) is 0. The predicted octanol–water partition coefficient (Wildman–Crippen LogP) is 0.231. The minimum absolute atomic E-state index is 0.0176. The second-order valence-corrected chi connectivity index (χ2v) is 4.08. The Labute approximate surface area is 85.9 Å². The van der Waals surface area contributed by atoms with Gasteiger partial charge >= 0.3 is 0 Å². The third-order valence-corrected chi connectivity index (χ3v) is 1.97. The molecule has 1 amide bonds. The molecule has 0 fully saturated rings. The van der Waals surface area contributed by atoms with E-state index in [1.165, 1.54) is 4.90 Å². The molecule has 14 heavy (non-hydrogen) atoms. The first-order valence-corrected chi connectivity index (χ1v) is 4.76. The van der Waals surface area contributed by atoms with E-state index >= 15 is 0 Å². The Balaban J connectivity index is 3.93. The van der Waals surface area contributed by atoms with Gasteiger partial charge in [-0.1, -0.05) is 13.8 Å². The number of carbonyl (C=O) groups excluding carboxylic acids is 2. The van der Waals surface area contributed by atoms with E-state index in [4.69, 9.17) is 0 Å². The van der Waals surface area contributed by atoms with Crippen molar-refractivity contribution in [2.75, 3.05) is 34.2 Å². The lowest BCUT2D eigenvalue weighted by molar-refractivity contribution is -0.130. The van der Waals surface area contributed by atoms with Crippen LogP contribution in [0.25, 0.3) is 0 Å². The molecule has 0 aromatic heterocycles. The molecular weight excluding hydrogens is 180 g/mol. The average molecular weight is 200 g/mol. The fraction of sp³-hybridized carbons (Fsp3) is 0.800. The van der Waals surface area contributed by atoms with Gasteiger partial charge in [0.2, 0.25) is 5.91 Å². The normalized spacial score (nSPS) is 10.8. The highest BCUT2D eigenvalue weighted by atomic mass is 16.2. The zero-order valence-corrected chi connectivity index (χ0v) is 9.70. The number of hydrogen-bond donors (Lipinski definition) is 0. The summed E-state index contributed by atoms with van der Waals surface area (Å²) in [5.41, 5.74) is 0. The van der Waals surface area contributed by atoms with E-state index in [1.54, 1.807) is 26.0 Å². The summed E-state index contributed by atoms with van der Waals surface area (Å²) in [5.74, 6) is 0.218. The van der Waals surface area contributed by atoms with Gasteiger partial charge in [0.25, 0.3) is 0 Å². The van der Waals surface area contributed by atoms with E-state index in [0.29, 0.717) is 13.1 Å². The van der Waals surface area contributed by atoms with Crippen LogP contribution in [0.3, 0.4) is 0 Å². The molecule has 0 radical (unpaired) electrons. The molecule has 0 unspecified atom stereocenters. The van der Waals surface area contributed by atoms with Crippen LogP contribution in [-0.4, -0.2) is 55.7 Å². The molecule has 0 saturated carbocycles. The number of likely N-dealkylation sites (N-methyl/N-ethyl adjacent to an activating group) is 2. The Bertz CT molecular complexity index is 190. The van der Waals surface area contributed by atoms with Crippen molar-refractivity contribution in [3.05, 3.63) is 0 Å². The first-order valence-electron chi connectivity index (χ1n) is 4.76. The van der Waals surface area contributed by atoms with Gasteiger partial charge in [-0.2, -0.15) is 0 Å². The second-order valence-electron chi connectivity index (χ2n) is 4.08. The van der Waals surface area contributed by atoms with E-state index < -0.39 is 0 Å². The van der Waals surface area contributed by atoms with Crippen molar-refractivity contribution in [3.8, 4) is 0 Å². The van der Waals surface area contributed by atoms with Crippen molar-refractivity contribution in [2.24, 2.45) is 5.92 Å². The lowest BCUT2D eigenvalue weighted by atomic mass is 10.1. The van der Waals surface area contributed by atoms with Crippen LogP contribution in [-0.2, 0) is 9.59 Å². The summed E-state index contributed by atoms with van der Waals surface area (Å²) in [6.45, 7) is 4.37. The summed E-state index contributed by atoms with van der Waals surface area (Å²) in [4.78, 5) is 25.9. The number of carbonyl (C=O) groups is 2. The first kappa shape index (κ1) is 13.1. The Morgan fingerprint density at radius 3 is 1.93 bits per heavy atom. The van der Waals surface area contributed by atoms with Gasteiger partial charge in [-0.05, 0) is 7.05 Å². The summed E-state index contributed by atoms with van der Waals surface area (Å²) in [5, 5.41) is 0. The maximum atomic E-state index is 11.3. The standard InChI is InChI=1S/C10H20N2O2/c1-8(2)9(13)6-12(5)7-10(14)11(3)4/h8H,6-7H2,1-5H3. The lowest BCUT2D eigenvalue weighted by Gasteiger charge is -2.18. The van der Waals surface area contributed by atoms with Crippen molar-refractivity contribution >= 4 is 11.7 Å². The van der Waals surface area contributed by atoms with Crippen molar-refractivity contribution in [1.82, 2.24) is 9.80 Å². The summed E-state index contributed by atoms with van der Waals surface area (Å²) < 4.78 is 0. The highest BCUT2D eigenvalue weighted by Crippen LogP contribution is 1.96. The molecule has 0 aromatic rings. The van der Waals surface area contributed by atoms with Gasteiger partial charge in [0.15, 0.2) is 0 Å². The van der Waals surface area contributed by atoms with Crippen LogP contribution < -0.4 is 0 Å². The van der Waals surface area contributed by atoms with Crippen LogP contribution in [0.5, 0.6) is 0 Å². The number of ketones is 1. The van der Waals surface area contributed by atoms with E-state index in [-0.39, 0.29) is 17.6 Å². The van der Waals surface area contributed by atoms with Crippen molar-refractivity contribution in [1.29, 1.82) is 0 Å². The third kappa shape index (κ3) is 4.97.